The lowest BCUT2D eigenvalue weighted by atomic mass is 9.98. The molecule has 2 unspecified atom stereocenters. The molecular formula is C12H19ClN2O3S. The smallest absolute Gasteiger partial charge is 0.245 e. The molecule has 7 heteroatoms. The maximum Gasteiger partial charge on any atom is 0.245 e. The average Bonchev–Trinajstić information content (AvgIpc) is 2.93. The molecule has 2 atom stereocenters. The third-order valence-corrected chi connectivity index (χ3v) is 5.85. The van der Waals surface area contributed by atoms with Gasteiger partial charge >= 0.3 is 0 Å². The second-order valence-corrected chi connectivity index (χ2v) is 7.12. The fourth-order valence-electron chi connectivity index (χ4n) is 2.73. The Hall–Kier alpha value is -0.590. The molecule has 1 fully saturated rings. The predicted octanol–water partition coefficient (Wildman–Crippen LogP) is 2.22. The largest absolute Gasteiger partial charge is 0.360 e. The van der Waals surface area contributed by atoms with Gasteiger partial charge in [0.2, 0.25) is 10.0 Å². The number of halogens is 1. The third kappa shape index (κ3) is 3.12. The fraction of sp³-hybridized carbons (Fsp3) is 0.750. The highest BCUT2D eigenvalue weighted by atomic mass is 35.5. The summed E-state index contributed by atoms with van der Waals surface area (Å²) in [6.45, 7) is 3.66. The van der Waals surface area contributed by atoms with Crippen LogP contribution in [0.4, 0.5) is 0 Å². The lowest BCUT2D eigenvalue weighted by Gasteiger charge is -2.17. The number of rotatable bonds is 5. The lowest BCUT2D eigenvalue weighted by Crippen LogP contribution is -2.31. The van der Waals surface area contributed by atoms with Crippen LogP contribution in [-0.2, 0) is 10.0 Å². The molecule has 0 amide bonds. The van der Waals surface area contributed by atoms with Crippen LogP contribution in [0.15, 0.2) is 9.42 Å². The van der Waals surface area contributed by atoms with Gasteiger partial charge in [0.15, 0.2) is 5.76 Å². The number of nitrogens with one attached hydrogen (secondary N) is 1. The van der Waals surface area contributed by atoms with Gasteiger partial charge in [0.05, 0.1) is 0 Å². The molecule has 1 saturated carbocycles. The molecule has 1 aliphatic carbocycles. The van der Waals surface area contributed by atoms with Gasteiger partial charge < -0.3 is 4.52 Å². The minimum absolute atomic E-state index is 0.160. The molecule has 19 heavy (non-hydrogen) atoms. The fourth-order valence-corrected chi connectivity index (χ4v) is 4.56. The maximum atomic E-state index is 12.2. The van der Waals surface area contributed by atoms with E-state index in [1.807, 2.05) is 0 Å². The van der Waals surface area contributed by atoms with Crippen molar-refractivity contribution in [1.82, 2.24) is 9.88 Å². The van der Waals surface area contributed by atoms with Crippen LogP contribution in [0.3, 0.4) is 0 Å². The van der Waals surface area contributed by atoms with Crippen molar-refractivity contribution in [1.29, 1.82) is 0 Å². The van der Waals surface area contributed by atoms with Crippen LogP contribution in [0, 0.1) is 25.7 Å². The van der Waals surface area contributed by atoms with Gasteiger partial charge in [0, 0.05) is 12.4 Å². The molecular weight excluding hydrogens is 288 g/mol. The first-order valence-electron chi connectivity index (χ1n) is 6.44. The molecule has 0 bridgehead atoms. The summed E-state index contributed by atoms with van der Waals surface area (Å²) < 4.78 is 32.1. The minimum atomic E-state index is -3.55. The van der Waals surface area contributed by atoms with E-state index in [0.29, 0.717) is 35.7 Å². The van der Waals surface area contributed by atoms with E-state index in [4.69, 9.17) is 16.1 Å². The van der Waals surface area contributed by atoms with Crippen molar-refractivity contribution in [3.8, 4) is 0 Å². The highest BCUT2D eigenvalue weighted by Gasteiger charge is 2.30. The topological polar surface area (TPSA) is 72.2 Å². The molecule has 1 aromatic rings. The van der Waals surface area contributed by atoms with Gasteiger partial charge in [0.25, 0.3) is 0 Å². The van der Waals surface area contributed by atoms with Crippen LogP contribution < -0.4 is 4.72 Å². The van der Waals surface area contributed by atoms with Crippen LogP contribution in [0.5, 0.6) is 0 Å². The molecule has 0 spiro atoms. The number of alkyl halides is 1. The number of aromatic nitrogens is 1. The number of nitrogens with zero attached hydrogens (tertiary/aromatic N) is 1. The number of hydrogen-bond acceptors (Lipinski definition) is 4. The number of sulfonamides is 1. The van der Waals surface area contributed by atoms with Crippen molar-refractivity contribution in [3.05, 3.63) is 11.5 Å². The normalized spacial score (nSPS) is 23.9. The molecule has 5 nitrogen and oxygen atoms in total. The summed E-state index contributed by atoms with van der Waals surface area (Å²) in [6, 6.07) is 0. The van der Waals surface area contributed by atoms with E-state index in [2.05, 4.69) is 9.88 Å². The molecule has 0 aliphatic heterocycles. The molecule has 1 aromatic heterocycles. The van der Waals surface area contributed by atoms with E-state index in [1.165, 1.54) is 0 Å². The summed E-state index contributed by atoms with van der Waals surface area (Å²) in [7, 11) is -3.55. The van der Waals surface area contributed by atoms with Crippen molar-refractivity contribution in [2.75, 3.05) is 12.4 Å². The standard InChI is InChI=1S/C12H19ClN2O3S/c1-8-12(9(2)18-15-8)19(16,17)14-7-11-5-3-4-10(11)6-13/h10-11,14H,3-7H2,1-2H3. The first-order chi connectivity index (χ1) is 8.95. The number of aryl methyl sites for hydroxylation is 2. The average molecular weight is 307 g/mol. The zero-order valence-corrected chi connectivity index (χ0v) is 12.7. The van der Waals surface area contributed by atoms with E-state index < -0.39 is 10.0 Å². The van der Waals surface area contributed by atoms with Crippen LogP contribution >= 0.6 is 11.6 Å². The third-order valence-electron chi connectivity index (χ3n) is 3.79. The van der Waals surface area contributed by atoms with E-state index in [9.17, 15) is 8.42 Å². The lowest BCUT2D eigenvalue weighted by molar-refractivity contribution is 0.390. The summed E-state index contributed by atoms with van der Waals surface area (Å²) in [5, 5.41) is 3.68. The first kappa shape index (κ1) is 14.8. The Kier molecular flexibility index (Phi) is 4.53. The molecule has 1 heterocycles. The van der Waals surface area contributed by atoms with Crippen molar-refractivity contribution in [3.63, 3.8) is 0 Å². The molecule has 0 saturated heterocycles. The van der Waals surface area contributed by atoms with Gasteiger partial charge in [-0.3, -0.25) is 0 Å². The van der Waals surface area contributed by atoms with Crippen molar-refractivity contribution < 1.29 is 12.9 Å². The Morgan fingerprint density at radius 1 is 1.37 bits per heavy atom. The highest BCUT2D eigenvalue weighted by molar-refractivity contribution is 7.89. The van der Waals surface area contributed by atoms with Gasteiger partial charge in [-0.2, -0.15) is 0 Å². The van der Waals surface area contributed by atoms with Gasteiger partial charge in [-0.25, -0.2) is 13.1 Å². The molecule has 0 radical (unpaired) electrons. The quantitative estimate of drug-likeness (QED) is 0.847. The molecule has 1 aliphatic rings. The van der Waals surface area contributed by atoms with E-state index in [1.54, 1.807) is 13.8 Å². The van der Waals surface area contributed by atoms with E-state index >= 15 is 0 Å². The second kappa shape index (κ2) is 5.81. The predicted molar refractivity (Wildman–Crippen MR) is 72.7 cm³/mol. The first-order valence-corrected chi connectivity index (χ1v) is 8.46. The maximum absolute atomic E-state index is 12.2. The van der Waals surface area contributed by atoms with Crippen LogP contribution in [0.2, 0.25) is 0 Å². The van der Waals surface area contributed by atoms with Gasteiger partial charge in [-0.05, 0) is 38.5 Å². The molecule has 0 aromatic carbocycles. The summed E-state index contributed by atoms with van der Waals surface area (Å²) in [6.07, 6.45) is 3.23. The van der Waals surface area contributed by atoms with Crippen LogP contribution in [0.25, 0.3) is 0 Å². The Morgan fingerprint density at radius 3 is 2.63 bits per heavy atom. The van der Waals surface area contributed by atoms with Crippen molar-refractivity contribution in [2.45, 2.75) is 38.0 Å². The summed E-state index contributed by atoms with van der Waals surface area (Å²) in [5.41, 5.74) is 0.394. The zero-order chi connectivity index (χ0) is 14.0. The number of hydrogen-bond donors (Lipinski definition) is 1. The summed E-state index contributed by atoms with van der Waals surface area (Å²) in [4.78, 5) is 0.160. The highest BCUT2D eigenvalue weighted by Crippen LogP contribution is 2.32. The molecule has 108 valence electrons. The van der Waals surface area contributed by atoms with Crippen molar-refractivity contribution >= 4 is 21.6 Å². The van der Waals surface area contributed by atoms with Gasteiger partial charge in [0.1, 0.15) is 10.6 Å². The molecule has 2 rings (SSSR count). The monoisotopic (exact) mass is 306 g/mol. The summed E-state index contributed by atoms with van der Waals surface area (Å²) >= 11 is 5.90. The Morgan fingerprint density at radius 2 is 2.05 bits per heavy atom. The van der Waals surface area contributed by atoms with E-state index in [0.717, 1.165) is 19.3 Å². The SMILES string of the molecule is Cc1noc(C)c1S(=O)(=O)NCC1CCCC1CCl. The summed E-state index contributed by atoms with van der Waals surface area (Å²) in [5.74, 6) is 1.66. The zero-order valence-electron chi connectivity index (χ0n) is 11.1. The second-order valence-electron chi connectivity index (χ2n) is 5.11. The van der Waals surface area contributed by atoms with Crippen molar-refractivity contribution in [2.24, 2.45) is 11.8 Å². The minimum Gasteiger partial charge on any atom is -0.360 e. The van der Waals surface area contributed by atoms with E-state index in [-0.39, 0.29) is 4.90 Å². The van der Waals surface area contributed by atoms with Crippen LogP contribution in [0.1, 0.15) is 30.7 Å². The molecule has 1 N–H and O–H groups in total. The Labute approximate surface area is 118 Å². The van der Waals surface area contributed by atoms with Crippen LogP contribution in [-0.4, -0.2) is 26.0 Å². The Bertz CT molecular complexity index is 522. The Balaban J connectivity index is 2.06. The van der Waals surface area contributed by atoms with Gasteiger partial charge in [-0.1, -0.05) is 11.6 Å². The van der Waals surface area contributed by atoms with Gasteiger partial charge in [-0.15, -0.1) is 11.6 Å².